The fourth-order valence-corrected chi connectivity index (χ4v) is 3.78. The number of likely N-dealkylation sites (N-methyl/N-ethyl adjacent to an activating group) is 1. The van der Waals surface area contributed by atoms with Crippen molar-refractivity contribution in [3.05, 3.63) is 29.8 Å². The Hall–Kier alpha value is -1.49. The van der Waals surface area contributed by atoms with E-state index in [2.05, 4.69) is 17.4 Å². The molecule has 0 aliphatic carbocycles. The molecule has 0 spiro atoms. The van der Waals surface area contributed by atoms with Crippen molar-refractivity contribution >= 4 is 23.6 Å². The van der Waals surface area contributed by atoms with Crippen LogP contribution in [0.25, 0.3) is 0 Å². The highest BCUT2D eigenvalue weighted by Gasteiger charge is 2.31. The minimum atomic E-state index is -0.280. The van der Waals surface area contributed by atoms with E-state index in [1.807, 2.05) is 39.8 Å². The smallest absolute Gasteiger partial charge is 0.240 e. The van der Waals surface area contributed by atoms with E-state index in [9.17, 15) is 9.59 Å². The quantitative estimate of drug-likeness (QED) is 0.927. The van der Waals surface area contributed by atoms with Gasteiger partial charge in [0.05, 0.1) is 11.8 Å². The van der Waals surface area contributed by atoms with E-state index < -0.39 is 0 Å². The van der Waals surface area contributed by atoms with Crippen LogP contribution in [0.4, 0.5) is 0 Å². The second-order valence-electron chi connectivity index (χ2n) is 6.57. The molecular formula is C17H24N2O2S. The normalized spacial score (nSPS) is 17.0. The minimum Gasteiger partial charge on any atom is -0.350 e. The van der Waals surface area contributed by atoms with Gasteiger partial charge in [0.2, 0.25) is 11.8 Å². The van der Waals surface area contributed by atoms with Gasteiger partial charge < -0.3 is 10.2 Å². The average Bonchev–Trinajstić information content (AvgIpc) is 2.86. The van der Waals surface area contributed by atoms with E-state index in [1.165, 1.54) is 10.5 Å². The molecule has 0 saturated carbocycles. The van der Waals surface area contributed by atoms with Gasteiger partial charge in [-0.15, -0.1) is 11.8 Å². The summed E-state index contributed by atoms with van der Waals surface area (Å²) in [7, 11) is 0. The Morgan fingerprint density at radius 3 is 2.59 bits per heavy atom. The molecule has 22 heavy (non-hydrogen) atoms. The molecular weight excluding hydrogens is 296 g/mol. The molecule has 2 rings (SSSR count). The molecule has 1 aromatic carbocycles. The number of carbonyl (C=O) groups is 2. The number of hydrogen-bond acceptors (Lipinski definition) is 3. The van der Waals surface area contributed by atoms with Crippen molar-refractivity contribution in [3.63, 3.8) is 0 Å². The summed E-state index contributed by atoms with van der Waals surface area (Å²) in [5.74, 6) is -0.0593. The van der Waals surface area contributed by atoms with Gasteiger partial charge in [-0.25, -0.2) is 0 Å². The fraction of sp³-hybridized carbons (Fsp3) is 0.529. The third-order valence-electron chi connectivity index (χ3n) is 3.46. The van der Waals surface area contributed by atoms with E-state index >= 15 is 0 Å². The maximum atomic E-state index is 12.7. The van der Waals surface area contributed by atoms with Gasteiger partial charge in [-0.05, 0) is 45.7 Å². The van der Waals surface area contributed by atoms with Crippen LogP contribution in [0.3, 0.4) is 0 Å². The van der Waals surface area contributed by atoms with E-state index in [1.54, 1.807) is 16.7 Å². The number of carbonyl (C=O) groups excluding carboxylic acids is 2. The molecule has 1 atom stereocenters. The van der Waals surface area contributed by atoms with Gasteiger partial charge in [0.25, 0.3) is 0 Å². The Kier molecular flexibility index (Phi) is 5.16. The number of benzene rings is 1. The molecule has 1 N–H and O–H groups in total. The Bertz CT molecular complexity index is 541. The topological polar surface area (TPSA) is 49.4 Å². The van der Waals surface area contributed by atoms with Gasteiger partial charge >= 0.3 is 0 Å². The van der Waals surface area contributed by atoms with Crippen LogP contribution in [0.15, 0.2) is 29.2 Å². The van der Waals surface area contributed by atoms with Crippen molar-refractivity contribution in [1.82, 2.24) is 10.2 Å². The molecule has 2 amide bonds. The summed E-state index contributed by atoms with van der Waals surface area (Å²) >= 11 is 1.61. The number of nitrogens with one attached hydrogen (secondary N) is 1. The zero-order valence-corrected chi connectivity index (χ0v) is 14.5. The third kappa shape index (κ3) is 4.26. The maximum Gasteiger partial charge on any atom is 0.240 e. The first kappa shape index (κ1) is 16.9. The number of fused-ring (bicyclic) bond motifs is 1. The third-order valence-corrected chi connectivity index (χ3v) is 4.77. The molecule has 120 valence electrons. The lowest BCUT2D eigenvalue weighted by Crippen LogP contribution is -2.48. The lowest BCUT2D eigenvalue weighted by Gasteiger charge is -2.26. The first-order valence-corrected chi connectivity index (χ1v) is 8.52. The van der Waals surface area contributed by atoms with Gasteiger partial charge in [-0.3, -0.25) is 9.59 Å². The molecule has 1 aliphatic heterocycles. The lowest BCUT2D eigenvalue weighted by molar-refractivity contribution is -0.135. The van der Waals surface area contributed by atoms with Crippen LogP contribution in [0.1, 0.15) is 33.3 Å². The van der Waals surface area contributed by atoms with E-state index in [4.69, 9.17) is 0 Å². The Labute approximate surface area is 136 Å². The molecule has 1 aromatic rings. The summed E-state index contributed by atoms with van der Waals surface area (Å²) in [6.45, 7) is 8.39. The van der Waals surface area contributed by atoms with Gasteiger partial charge in [0, 0.05) is 17.0 Å². The highest BCUT2D eigenvalue weighted by atomic mass is 32.2. The van der Waals surface area contributed by atoms with Crippen molar-refractivity contribution < 1.29 is 9.59 Å². The van der Waals surface area contributed by atoms with Gasteiger partial charge in [0.1, 0.15) is 0 Å². The fourth-order valence-electron chi connectivity index (χ4n) is 2.50. The van der Waals surface area contributed by atoms with Crippen LogP contribution in [0, 0.1) is 0 Å². The first-order chi connectivity index (χ1) is 10.3. The van der Waals surface area contributed by atoms with Crippen LogP contribution in [-0.4, -0.2) is 40.6 Å². The van der Waals surface area contributed by atoms with Crippen LogP contribution in [-0.2, 0) is 16.0 Å². The number of hydrogen-bond donors (Lipinski definition) is 1. The Morgan fingerprint density at radius 1 is 1.32 bits per heavy atom. The average molecular weight is 320 g/mol. The Morgan fingerprint density at radius 2 is 2.00 bits per heavy atom. The SMILES string of the molecule is CCN(CC(=O)NC(C)(C)C)C(=O)[C@H]1Cc2ccccc2S1. The summed E-state index contributed by atoms with van der Waals surface area (Å²) < 4.78 is 0. The van der Waals surface area contributed by atoms with Crippen molar-refractivity contribution in [1.29, 1.82) is 0 Å². The molecule has 0 aromatic heterocycles. The van der Waals surface area contributed by atoms with Crippen LogP contribution in [0.5, 0.6) is 0 Å². The van der Waals surface area contributed by atoms with Crippen molar-refractivity contribution in [2.24, 2.45) is 0 Å². The molecule has 4 nitrogen and oxygen atoms in total. The summed E-state index contributed by atoms with van der Waals surface area (Å²) in [5.41, 5.74) is 0.943. The predicted molar refractivity (Wildman–Crippen MR) is 89.9 cm³/mol. The summed E-state index contributed by atoms with van der Waals surface area (Å²) in [5, 5.41) is 2.80. The van der Waals surface area contributed by atoms with Crippen molar-refractivity contribution in [2.45, 2.75) is 49.8 Å². The van der Waals surface area contributed by atoms with E-state index in [0.29, 0.717) is 6.54 Å². The highest BCUT2D eigenvalue weighted by Crippen LogP contribution is 2.37. The maximum absolute atomic E-state index is 12.7. The molecule has 0 radical (unpaired) electrons. The number of amides is 2. The predicted octanol–water partition coefficient (Wildman–Crippen LogP) is 2.47. The van der Waals surface area contributed by atoms with Crippen LogP contribution < -0.4 is 5.32 Å². The molecule has 1 heterocycles. The molecule has 0 fully saturated rings. The number of nitrogens with zero attached hydrogens (tertiary/aromatic N) is 1. The second-order valence-corrected chi connectivity index (χ2v) is 7.81. The summed E-state index contributed by atoms with van der Waals surface area (Å²) in [6.07, 6.45) is 0.747. The van der Waals surface area contributed by atoms with E-state index in [-0.39, 0.29) is 29.1 Å². The van der Waals surface area contributed by atoms with Gasteiger partial charge in [-0.2, -0.15) is 0 Å². The van der Waals surface area contributed by atoms with Crippen molar-refractivity contribution in [3.8, 4) is 0 Å². The standard InChI is InChI=1S/C17H24N2O2S/c1-5-19(11-15(20)18-17(2,3)4)16(21)14-10-12-8-6-7-9-13(12)22-14/h6-9,14H,5,10-11H2,1-4H3,(H,18,20)/t14-/m1/s1. The van der Waals surface area contributed by atoms with Crippen LogP contribution >= 0.6 is 11.8 Å². The summed E-state index contributed by atoms with van der Waals surface area (Å²) in [6, 6.07) is 8.11. The van der Waals surface area contributed by atoms with Crippen molar-refractivity contribution in [2.75, 3.05) is 13.1 Å². The van der Waals surface area contributed by atoms with Gasteiger partial charge in [0.15, 0.2) is 0 Å². The molecule has 1 aliphatic rings. The summed E-state index contributed by atoms with van der Waals surface area (Å²) in [4.78, 5) is 27.5. The molecule has 5 heteroatoms. The Balaban J connectivity index is 1.97. The molecule has 0 saturated heterocycles. The lowest BCUT2D eigenvalue weighted by atomic mass is 10.1. The largest absolute Gasteiger partial charge is 0.350 e. The van der Waals surface area contributed by atoms with Gasteiger partial charge in [-0.1, -0.05) is 18.2 Å². The zero-order valence-electron chi connectivity index (χ0n) is 13.7. The minimum absolute atomic E-state index is 0.0489. The molecule has 0 unspecified atom stereocenters. The molecule has 0 bridgehead atoms. The zero-order chi connectivity index (χ0) is 16.3. The second kappa shape index (κ2) is 6.73. The van der Waals surface area contributed by atoms with Crippen LogP contribution in [0.2, 0.25) is 0 Å². The highest BCUT2D eigenvalue weighted by molar-refractivity contribution is 8.01. The van der Waals surface area contributed by atoms with E-state index in [0.717, 1.165) is 6.42 Å². The first-order valence-electron chi connectivity index (χ1n) is 7.64. The number of thioether (sulfide) groups is 1. The monoisotopic (exact) mass is 320 g/mol. The number of rotatable bonds is 4.